The second-order valence-electron chi connectivity index (χ2n) is 7.06. The Morgan fingerprint density at radius 2 is 1.83 bits per heavy atom. The van der Waals surface area contributed by atoms with Crippen molar-refractivity contribution in [2.75, 3.05) is 13.7 Å². The molecule has 0 bridgehead atoms. The summed E-state index contributed by atoms with van der Waals surface area (Å²) in [6, 6.07) is 13.8. The maximum atomic E-state index is 12.3. The summed E-state index contributed by atoms with van der Waals surface area (Å²) in [5.74, 6) is 1.18. The van der Waals surface area contributed by atoms with Crippen LogP contribution in [0.3, 0.4) is 0 Å². The van der Waals surface area contributed by atoms with Gasteiger partial charge < -0.3 is 9.84 Å². The smallest absolute Gasteiger partial charge is 0.240 e. The summed E-state index contributed by atoms with van der Waals surface area (Å²) in [7, 11) is -2.06. The van der Waals surface area contributed by atoms with Gasteiger partial charge in [-0.3, -0.25) is 0 Å². The fraction of sp³-hybridized carbons (Fsp3) is 0.316. The molecule has 1 aromatic heterocycles. The maximum Gasteiger partial charge on any atom is 0.240 e. The number of benzene rings is 2. The van der Waals surface area contributed by atoms with Crippen molar-refractivity contribution in [1.82, 2.24) is 24.9 Å². The zero-order valence-electron chi connectivity index (χ0n) is 15.8. The third kappa shape index (κ3) is 4.61. The molecule has 0 atom stereocenters. The van der Waals surface area contributed by atoms with Crippen LogP contribution in [0.1, 0.15) is 18.4 Å². The fourth-order valence-corrected chi connectivity index (χ4v) is 3.86. The lowest BCUT2D eigenvalue weighted by Gasteiger charge is -2.10. The van der Waals surface area contributed by atoms with Crippen molar-refractivity contribution in [2.24, 2.45) is 0 Å². The molecule has 4 rings (SSSR count). The number of aromatic nitrogens is 4. The summed E-state index contributed by atoms with van der Waals surface area (Å²) in [5.41, 5.74) is 0.768. The Balaban J connectivity index is 1.43. The van der Waals surface area contributed by atoms with Crippen LogP contribution in [0.15, 0.2) is 53.4 Å². The van der Waals surface area contributed by atoms with Crippen molar-refractivity contribution in [3.05, 3.63) is 54.1 Å². The normalized spacial score (nSPS) is 15.2. The monoisotopic (exact) mass is 415 g/mol. The van der Waals surface area contributed by atoms with E-state index in [1.165, 1.54) is 16.9 Å². The molecule has 0 amide bonds. The van der Waals surface area contributed by atoms with Gasteiger partial charge in [-0.1, -0.05) is 12.1 Å². The topological polar surface area (TPSA) is 119 Å². The van der Waals surface area contributed by atoms with Crippen molar-refractivity contribution in [3.63, 3.8) is 0 Å². The molecule has 0 aliphatic heterocycles. The molecule has 29 heavy (non-hydrogen) atoms. The predicted octanol–water partition coefficient (Wildman–Crippen LogP) is 1.20. The molecular weight excluding hydrogens is 394 g/mol. The molecule has 2 aromatic carbocycles. The summed E-state index contributed by atoms with van der Waals surface area (Å²) in [4.78, 5) is 1.59. The molecule has 0 unspecified atom stereocenters. The van der Waals surface area contributed by atoms with E-state index in [1.54, 1.807) is 19.2 Å². The number of ether oxygens (including phenoxy) is 1. The van der Waals surface area contributed by atoms with Gasteiger partial charge in [0.05, 0.1) is 24.2 Å². The van der Waals surface area contributed by atoms with Gasteiger partial charge in [-0.15, -0.1) is 10.2 Å². The average Bonchev–Trinajstić information content (AvgIpc) is 3.29. The summed E-state index contributed by atoms with van der Waals surface area (Å²) in [5, 5.41) is 22.3. The fourth-order valence-electron chi connectivity index (χ4n) is 2.74. The lowest BCUT2D eigenvalue weighted by Crippen LogP contribution is -2.33. The Bertz CT molecular complexity index is 1090. The quantitative estimate of drug-likeness (QED) is 0.567. The van der Waals surface area contributed by atoms with Crippen molar-refractivity contribution < 1.29 is 18.3 Å². The number of aliphatic hydroxyl groups is 1. The van der Waals surface area contributed by atoms with Gasteiger partial charge in [-0.05, 0) is 60.0 Å². The van der Waals surface area contributed by atoms with Crippen LogP contribution in [0.2, 0.25) is 0 Å². The van der Waals surface area contributed by atoms with E-state index in [0.717, 1.165) is 11.3 Å². The molecule has 1 aliphatic carbocycles. The van der Waals surface area contributed by atoms with Gasteiger partial charge in [0.2, 0.25) is 15.8 Å². The van der Waals surface area contributed by atoms with Gasteiger partial charge in [0, 0.05) is 12.1 Å². The van der Waals surface area contributed by atoms with Crippen LogP contribution in [0.4, 0.5) is 0 Å². The van der Waals surface area contributed by atoms with Crippen LogP contribution >= 0.6 is 0 Å². The van der Waals surface area contributed by atoms with Crippen LogP contribution in [-0.2, 0) is 16.6 Å². The number of sulfonamides is 1. The minimum Gasteiger partial charge on any atom is -0.497 e. The van der Waals surface area contributed by atoms with E-state index >= 15 is 0 Å². The van der Waals surface area contributed by atoms with E-state index in [1.807, 2.05) is 24.3 Å². The first-order chi connectivity index (χ1) is 13.9. The molecule has 2 N–H and O–H groups in total. The standard InChI is InChI=1S/C19H21N5O4S/c1-28-16-6-2-14(3-7-16)12-24-22-18(21-23-24)15-4-8-17(9-5-15)29(26,27)20-13-19(25)10-11-19/h2-9,20,25H,10-13H2,1H3. The van der Waals surface area contributed by atoms with Crippen LogP contribution in [0, 0.1) is 0 Å². The number of methoxy groups -OCH3 is 1. The minimum atomic E-state index is -3.68. The van der Waals surface area contributed by atoms with E-state index < -0.39 is 15.6 Å². The molecule has 1 aliphatic rings. The molecule has 1 heterocycles. The van der Waals surface area contributed by atoms with Gasteiger partial charge in [0.15, 0.2) is 0 Å². The van der Waals surface area contributed by atoms with Crippen molar-refractivity contribution in [2.45, 2.75) is 29.9 Å². The largest absolute Gasteiger partial charge is 0.497 e. The third-order valence-corrected chi connectivity index (χ3v) is 6.19. The number of tetrazole rings is 1. The number of hydrogen-bond acceptors (Lipinski definition) is 7. The highest BCUT2D eigenvalue weighted by Gasteiger charge is 2.41. The molecule has 0 radical (unpaired) electrons. The van der Waals surface area contributed by atoms with E-state index in [-0.39, 0.29) is 11.4 Å². The first kappa shape index (κ1) is 19.5. The molecule has 10 heteroatoms. The Morgan fingerprint density at radius 3 is 2.45 bits per heavy atom. The van der Waals surface area contributed by atoms with Crippen LogP contribution in [-0.4, -0.2) is 53.0 Å². The SMILES string of the molecule is COc1ccc(Cn2nnc(-c3ccc(S(=O)(=O)NCC4(O)CC4)cc3)n2)cc1. The highest BCUT2D eigenvalue weighted by Crippen LogP contribution is 2.34. The number of nitrogens with one attached hydrogen (secondary N) is 1. The van der Waals surface area contributed by atoms with Gasteiger partial charge in [-0.2, -0.15) is 4.80 Å². The summed E-state index contributed by atoms with van der Waals surface area (Å²) in [6.07, 6.45) is 1.23. The summed E-state index contributed by atoms with van der Waals surface area (Å²) in [6.45, 7) is 0.481. The summed E-state index contributed by atoms with van der Waals surface area (Å²) < 4.78 is 32.2. The van der Waals surface area contributed by atoms with Gasteiger partial charge in [0.25, 0.3) is 0 Å². The minimum absolute atomic E-state index is 0.0261. The Hall–Kier alpha value is -2.82. The second-order valence-corrected chi connectivity index (χ2v) is 8.83. The number of nitrogens with zero attached hydrogens (tertiary/aromatic N) is 4. The van der Waals surface area contributed by atoms with Gasteiger partial charge in [0.1, 0.15) is 5.75 Å². The van der Waals surface area contributed by atoms with E-state index in [0.29, 0.717) is 30.8 Å². The molecule has 0 saturated heterocycles. The lowest BCUT2D eigenvalue weighted by atomic mass is 10.2. The van der Waals surface area contributed by atoms with E-state index in [4.69, 9.17) is 4.74 Å². The molecule has 1 fully saturated rings. The van der Waals surface area contributed by atoms with Crippen LogP contribution in [0.25, 0.3) is 11.4 Å². The zero-order valence-corrected chi connectivity index (χ0v) is 16.6. The molecule has 0 spiro atoms. The maximum absolute atomic E-state index is 12.3. The number of hydrogen-bond donors (Lipinski definition) is 2. The zero-order chi connectivity index (χ0) is 20.5. The van der Waals surface area contributed by atoms with Crippen molar-refractivity contribution in [1.29, 1.82) is 0 Å². The Kier molecular flexibility index (Phi) is 5.07. The first-order valence-corrected chi connectivity index (χ1v) is 10.6. The molecule has 152 valence electrons. The number of rotatable bonds is 8. The van der Waals surface area contributed by atoms with Gasteiger partial charge in [-0.25, -0.2) is 13.1 Å². The highest BCUT2D eigenvalue weighted by atomic mass is 32.2. The van der Waals surface area contributed by atoms with Gasteiger partial charge >= 0.3 is 0 Å². The Morgan fingerprint density at radius 1 is 1.14 bits per heavy atom. The highest BCUT2D eigenvalue weighted by molar-refractivity contribution is 7.89. The Labute approximate surface area is 168 Å². The molecule has 1 saturated carbocycles. The van der Waals surface area contributed by atoms with Crippen LogP contribution < -0.4 is 9.46 Å². The molecule has 3 aromatic rings. The van der Waals surface area contributed by atoms with Crippen LogP contribution in [0.5, 0.6) is 5.75 Å². The lowest BCUT2D eigenvalue weighted by molar-refractivity contribution is 0.155. The summed E-state index contributed by atoms with van der Waals surface area (Å²) >= 11 is 0. The van der Waals surface area contributed by atoms with E-state index in [2.05, 4.69) is 20.1 Å². The molecule has 9 nitrogen and oxygen atoms in total. The average molecular weight is 415 g/mol. The van der Waals surface area contributed by atoms with Crippen molar-refractivity contribution in [3.8, 4) is 17.1 Å². The van der Waals surface area contributed by atoms with Crippen molar-refractivity contribution >= 4 is 10.0 Å². The third-order valence-electron chi connectivity index (χ3n) is 4.78. The van der Waals surface area contributed by atoms with E-state index in [9.17, 15) is 13.5 Å². The predicted molar refractivity (Wildman–Crippen MR) is 105 cm³/mol. The molecular formula is C19H21N5O4S. The second kappa shape index (κ2) is 7.54. The first-order valence-electron chi connectivity index (χ1n) is 9.10.